The molecule has 0 fully saturated rings. The molecule has 6 nitrogen and oxygen atoms in total. The first-order valence-electron chi connectivity index (χ1n) is 10.8. The standard InChI is InChI=1S/C27H19ClFN3O3/c1-35-23-9-7-19(29)12-22(23)26-21-11-18(28)6-8-20(21)25-17(14-31-26)13-30-24(32-25)10-15-2-4-16(5-3-15)27(33)34/h2-9,11-13H,10,14H2,1H3,(H,33,34). The highest BCUT2D eigenvalue weighted by atomic mass is 35.5. The quantitative estimate of drug-likeness (QED) is 0.397. The molecule has 0 aliphatic carbocycles. The number of methoxy groups -OCH3 is 1. The summed E-state index contributed by atoms with van der Waals surface area (Å²) in [5, 5.41) is 9.63. The molecule has 5 rings (SSSR count). The molecule has 35 heavy (non-hydrogen) atoms. The Morgan fingerprint density at radius 1 is 1.06 bits per heavy atom. The van der Waals surface area contributed by atoms with E-state index in [-0.39, 0.29) is 5.56 Å². The summed E-state index contributed by atoms with van der Waals surface area (Å²) in [5.74, 6) is -0.290. The number of carboxylic acids is 1. The van der Waals surface area contributed by atoms with Crippen LogP contribution in [0.5, 0.6) is 5.75 Å². The number of hydrogen-bond donors (Lipinski definition) is 1. The van der Waals surface area contributed by atoms with Gasteiger partial charge in [-0.15, -0.1) is 0 Å². The summed E-state index contributed by atoms with van der Waals surface area (Å²) >= 11 is 6.35. The fourth-order valence-corrected chi connectivity index (χ4v) is 4.26. The number of carbonyl (C=O) groups is 1. The van der Waals surface area contributed by atoms with E-state index in [1.165, 1.54) is 19.2 Å². The molecular formula is C27H19ClFN3O3. The minimum Gasteiger partial charge on any atom is -0.496 e. The fourth-order valence-electron chi connectivity index (χ4n) is 4.09. The van der Waals surface area contributed by atoms with E-state index in [0.717, 1.165) is 27.9 Å². The van der Waals surface area contributed by atoms with Gasteiger partial charge in [-0.05, 0) is 48.0 Å². The molecule has 0 radical (unpaired) electrons. The average molecular weight is 488 g/mol. The first kappa shape index (κ1) is 22.7. The number of halogens is 2. The number of carboxylic acid groups (broad SMARTS) is 1. The predicted octanol–water partition coefficient (Wildman–Crippen LogP) is 5.58. The zero-order chi connectivity index (χ0) is 24.5. The van der Waals surface area contributed by atoms with Crippen LogP contribution in [0.15, 0.2) is 71.9 Å². The molecule has 3 aromatic carbocycles. The van der Waals surface area contributed by atoms with E-state index in [4.69, 9.17) is 31.4 Å². The van der Waals surface area contributed by atoms with E-state index >= 15 is 0 Å². The maximum atomic E-state index is 14.2. The monoisotopic (exact) mass is 487 g/mol. The second kappa shape index (κ2) is 9.27. The SMILES string of the molecule is COc1ccc(F)cc1C1=NCc2cnc(Cc3ccc(C(=O)O)cc3)nc2-c2ccc(Cl)cc21. The molecule has 0 amide bonds. The molecule has 1 aliphatic rings. The van der Waals surface area contributed by atoms with Gasteiger partial charge >= 0.3 is 5.97 Å². The van der Waals surface area contributed by atoms with Gasteiger partial charge in [-0.3, -0.25) is 4.99 Å². The number of hydrogen-bond acceptors (Lipinski definition) is 5. The van der Waals surface area contributed by atoms with Gasteiger partial charge in [0, 0.05) is 39.9 Å². The molecule has 1 N–H and O–H groups in total. The minimum atomic E-state index is -0.973. The largest absolute Gasteiger partial charge is 0.496 e. The van der Waals surface area contributed by atoms with Gasteiger partial charge in [-0.2, -0.15) is 0 Å². The summed E-state index contributed by atoms with van der Waals surface area (Å²) in [6.07, 6.45) is 2.18. The van der Waals surface area contributed by atoms with Crippen molar-refractivity contribution in [2.75, 3.05) is 7.11 Å². The summed E-state index contributed by atoms with van der Waals surface area (Å²) in [5.41, 5.74) is 5.26. The second-order valence-corrected chi connectivity index (χ2v) is 8.47. The zero-order valence-electron chi connectivity index (χ0n) is 18.6. The van der Waals surface area contributed by atoms with Crippen LogP contribution in [0.25, 0.3) is 11.3 Å². The van der Waals surface area contributed by atoms with Crippen molar-refractivity contribution in [3.05, 3.63) is 111 Å². The summed E-state index contributed by atoms with van der Waals surface area (Å²) < 4.78 is 19.7. The third-order valence-electron chi connectivity index (χ3n) is 5.79. The van der Waals surface area contributed by atoms with Gasteiger partial charge in [-0.1, -0.05) is 29.8 Å². The third-order valence-corrected chi connectivity index (χ3v) is 6.03. The van der Waals surface area contributed by atoms with Crippen molar-refractivity contribution in [3.8, 4) is 17.0 Å². The number of aromatic nitrogens is 2. The van der Waals surface area contributed by atoms with Crippen LogP contribution in [-0.4, -0.2) is 33.9 Å². The lowest BCUT2D eigenvalue weighted by Crippen LogP contribution is -2.08. The topological polar surface area (TPSA) is 84.7 Å². The van der Waals surface area contributed by atoms with Crippen LogP contribution in [0.3, 0.4) is 0 Å². The number of nitrogens with zero attached hydrogens (tertiary/aromatic N) is 3. The third kappa shape index (κ3) is 4.50. The van der Waals surface area contributed by atoms with Crippen LogP contribution in [-0.2, 0) is 13.0 Å². The van der Waals surface area contributed by atoms with Gasteiger partial charge in [0.1, 0.15) is 17.4 Å². The number of ether oxygens (including phenoxy) is 1. The van der Waals surface area contributed by atoms with E-state index < -0.39 is 11.8 Å². The Bertz CT molecular complexity index is 1490. The highest BCUT2D eigenvalue weighted by Crippen LogP contribution is 2.35. The highest BCUT2D eigenvalue weighted by Gasteiger charge is 2.23. The van der Waals surface area contributed by atoms with E-state index in [0.29, 0.717) is 40.8 Å². The normalized spacial score (nSPS) is 12.3. The number of aliphatic imine (C=N–C) groups is 1. The minimum absolute atomic E-state index is 0.222. The van der Waals surface area contributed by atoms with Crippen molar-refractivity contribution >= 4 is 23.3 Å². The van der Waals surface area contributed by atoms with Crippen molar-refractivity contribution < 1.29 is 19.0 Å². The van der Waals surface area contributed by atoms with Gasteiger partial charge in [0.05, 0.1) is 30.6 Å². The van der Waals surface area contributed by atoms with Crippen molar-refractivity contribution in [3.63, 3.8) is 0 Å². The molecule has 0 spiro atoms. The number of benzene rings is 3. The molecule has 0 saturated heterocycles. The van der Waals surface area contributed by atoms with Crippen molar-refractivity contribution in [1.29, 1.82) is 0 Å². The van der Waals surface area contributed by atoms with Crippen molar-refractivity contribution in [2.45, 2.75) is 13.0 Å². The van der Waals surface area contributed by atoms with Crippen LogP contribution < -0.4 is 4.74 Å². The lowest BCUT2D eigenvalue weighted by Gasteiger charge is -2.14. The Labute approximate surface area is 205 Å². The first-order valence-corrected chi connectivity index (χ1v) is 11.2. The smallest absolute Gasteiger partial charge is 0.335 e. The van der Waals surface area contributed by atoms with Crippen LogP contribution in [0.2, 0.25) is 5.02 Å². The Kier molecular flexibility index (Phi) is 6.01. The number of rotatable bonds is 5. The molecule has 2 heterocycles. The molecular weight excluding hydrogens is 469 g/mol. The average Bonchev–Trinajstić information content (AvgIpc) is 3.00. The number of aromatic carboxylic acids is 1. The van der Waals surface area contributed by atoms with Gasteiger partial charge in [0.25, 0.3) is 0 Å². The van der Waals surface area contributed by atoms with Gasteiger partial charge in [0.15, 0.2) is 0 Å². The predicted molar refractivity (Wildman–Crippen MR) is 131 cm³/mol. The highest BCUT2D eigenvalue weighted by molar-refractivity contribution is 6.31. The lowest BCUT2D eigenvalue weighted by atomic mass is 9.94. The van der Waals surface area contributed by atoms with Crippen LogP contribution in [0.4, 0.5) is 4.39 Å². The lowest BCUT2D eigenvalue weighted by molar-refractivity contribution is 0.0697. The molecule has 174 valence electrons. The molecule has 8 heteroatoms. The van der Waals surface area contributed by atoms with Crippen molar-refractivity contribution in [2.24, 2.45) is 4.99 Å². The molecule has 1 aliphatic heterocycles. The fraction of sp³-hybridized carbons (Fsp3) is 0.111. The van der Waals surface area contributed by atoms with Crippen molar-refractivity contribution in [1.82, 2.24) is 9.97 Å². The summed E-state index contributed by atoms with van der Waals surface area (Å²) in [7, 11) is 1.53. The molecule has 0 unspecified atom stereocenters. The van der Waals surface area contributed by atoms with E-state index in [9.17, 15) is 9.18 Å². The van der Waals surface area contributed by atoms with Crippen LogP contribution >= 0.6 is 11.6 Å². The summed E-state index contributed by atoms with van der Waals surface area (Å²) in [6.45, 7) is 0.296. The maximum absolute atomic E-state index is 14.2. The van der Waals surface area contributed by atoms with Gasteiger partial charge in [0.2, 0.25) is 0 Å². The van der Waals surface area contributed by atoms with Gasteiger partial charge < -0.3 is 9.84 Å². The Morgan fingerprint density at radius 2 is 1.86 bits per heavy atom. The molecule has 1 aromatic heterocycles. The number of fused-ring (bicyclic) bond motifs is 3. The molecule has 0 atom stereocenters. The Balaban J connectivity index is 1.59. The maximum Gasteiger partial charge on any atom is 0.335 e. The molecule has 0 saturated carbocycles. The van der Waals surface area contributed by atoms with E-state index in [1.54, 1.807) is 48.7 Å². The molecule has 0 bridgehead atoms. The Morgan fingerprint density at radius 3 is 2.60 bits per heavy atom. The zero-order valence-corrected chi connectivity index (χ0v) is 19.4. The molecule has 4 aromatic rings. The summed E-state index contributed by atoms with van der Waals surface area (Å²) in [4.78, 5) is 25.3. The van der Waals surface area contributed by atoms with Crippen LogP contribution in [0, 0.1) is 5.82 Å². The van der Waals surface area contributed by atoms with E-state index in [2.05, 4.69) is 4.98 Å². The summed E-state index contributed by atoms with van der Waals surface area (Å²) in [6, 6.07) is 16.4. The van der Waals surface area contributed by atoms with Crippen LogP contribution in [0.1, 0.15) is 38.4 Å². The van der Waals surface area contributed by atoms with Gasteiger partial charge in [-0.25, -0.2) is 19.2 Å². The first-order chi connectivity index (χ1) is 16.9. The second-order valence-electron chi connectivity index (χ2n) is 8.04. The Hall–Kier alpha value is -4.10. The van der Waals surface area contributed by atoms with E-state index in [1.807, 2.05) is 6.07 Å².